The van der Waals surface area contributed by atoms with Crippen molar-refractivity contribution in [2.75, 3.05) is 6.26 Å². The fourth-order valence-corrected chi connectivity index (χ4v) is 8.11. The minimum absolute atomic E-state index is 0.103. The summed E-state index contributed by atoms with van der Waals surface area (Å²) in [5.41, 5.74) is 10.1. The van der Waals surface area contributed by atoms with Crippen LogP contribution in [0.1, 0.15) is 42.4 Å². The molecule has 1 aromatic rings. The zero-order valence-corrected chi connectivity index (χ0v) is 16.3. The van der Waals surface area contributed by atoms with E-state index in [-0.39, 0.29) is 23.2 Å². The molecule has 1 saturated carbocycles. The van der Waals surface area contributed by atoms with Gasteiger partial charge in [0.05, 0.1) is 0 Å². The van der Waals surface area contributed by atoms with Gasteiger partial charge in [0, 0.05) is 0 Å². The van der Waals surface area contributed by atoms with E-state index in [1.807, 2.05) is 0 Å². The maximum atomic E-state index is 11.9. The Morgan fingerprint density at radius 3 is 2.32 bits per heavy atom. The van der Waals surface area contributed by atoms with Gasteiger partial charge in [-0.25, -0.2) is 0 Å². The van der Waals surface area contributed by atoms with E-state index in [2.05, 4.69) is 37.6 Å². The third-order valence-corrected chi connectivity index (χ3v) is 8.94. The van der Waals surface area contributed by atoms with Gasteiger partial charge in [0.2, 0.25) is 0 Å². The third-order valence-electron chi connectivity index (χ3n) is 4.04. The average molecular weight is 412 g/mol. The number of sulfonamides is 1. The van der Waals surface area contributed by atoms with Crippen molar-refractivity contribution < 1.29 is 25.5 Å². The average Bonchev–Trinajstić information content (AvgIpc) is 2.35. The molecule has 1 aliphatic rings. The van der Waals surface area contributed by atoms with Gasteiger partial charge in [-0.05, 0) is 0 Å². The number of aryl methyl sites for hydroxylation is 3. The zero-order chi connectivity index (χ0) is 16.5. The van der Waals surface area contributed by atoms with Gasteiger partial charge in [-0.3, -0.25) is 0 Å². The Kier molecular flexibility index (Phi) is 5.48. The summed E-state index contributed by atoms with van der Waals surface area (Å²) in [6.07, 6.45) is 5.09. The fourth-order valence-electron chi connectivity index (χ4n) is 3.17. The van der Waals surface area contributed by atoms with Gasteiger partial charge in [0.1, 0.15) is 0 Å². The van der Waals surface area contributed by atoms with E-state index >= 15 is 0 Å². The quantitative estimate of drug-likeness (QED) is 0.737. The van der Waals surface area contributed by atoms with Crippen LogP contribution in [0.3, 0.4) is 0 Å². The van der Waals surface area contributed by atoms with E-state index in [9.17, 15) is 8.42 Å². The van der Waals surface area contributed by atoms with Gasteiger partial charge < -0.3 is 0 Å². The molecule has 0 aliphatic heterocycles. The van der Waals surface area contributed by atoms with Gasteiger partial charge in [-0.15, -0.1) is 0 Å². The van der Waals surface area contributed by atoms with E-state index in [1.54, 1.807) is 0 Å². The second-order valence-corrected chi connectivity index (χ2v) is 11.0. The summed E-state index contributed by atoms with van der Waals surface area (Å²) in [6, 6.07) is 4.26. The SMILES string of the molecule is Cc1cc(C)[c]([Ru][C]2(NS(C)(=O)=O)CCCCC2N)c(C)c1. The number of nitrogens with two attached hydrogens (primary N) is 1. The molecule has 22 heavy (non-hydrogen) atoms. The summed E-state index contributed by atoms with van der Waals surface area (Å²) in [6.45, 7) is 6.33. The van der Waals surface area contributed by atoms with Gasteiger partial charge in [-0.1, -0.05) is 0 Å². The summed E-state index contributed by atoms with van der Waals surface area (Å²) < 4.78 is 27.6. The Morgan fingerprint density at radius 2 is 1.82 bits per heavy atom. The molecule has 2 rings (SSSR count). The van der Waals surface area contributed by atoms with Crippen LogP contribution in [0.15, 0.2) is 12.1 Å². The predicted octanol–water partition coefficient (Wildman–Crippen LogP) is 1.47. The van der Waals surface area contributed by atoms with Crippen LogP contribution in [0, 0.1) is 20.8 Å². The second-order valence-electron chi connectivity index (χ2n) is 6.36. The first-order valence-electron chi connectivity index (χ1n) is 7.59. The number of hydrogen-bond donors (Lipinski definition) is 2. The number of benzene rings is 1. The Hall–Kier alpha value is -0.287. The molecule has 1 aliphatic carbocycles. The summed E-state index contributed by atoms with van der Waals surface area (Å²) in [5, 5.41) is 0. The maximum absolute atomic E-state index is 11.9. The van der Waals surface area contributed by atoms with Crippen molar-refractivity contribution in [3.05, 3.63) is 28.8 Å². The van der Waals surface area contributed by atoms with Crippen LogP contribution in [0.25, 0.3) is 0 Å². The Morgan fingerprint density at radius 1 is 1.23 bits per heavy atom. The summed E-state index contributed by atoms with van der Waals surface area (Å²) >= 11 is -0.336. The molecule has 1 aromatic carbocycles. The fraction of sp³-hybridized carbons (Fsp3) is 0.625. The summed E-state index contributed by atoms with van der Waals surface area (Å²) in [4.78, 5) is 0. The molecule has 0 heterocycles. The zero-order valence-electron chi connectivity index (χ0n) is 13.7. The Labute approximate surface area is 141 Å². The van der Waals surface area contributed by atoms with Gasteiger partial charge in [0.25, 0.3) is 0 Å². The first kappa shape index (κ1) is 18.1. The second kappa shape index (κ2) is 6.68. The molecule has 0 radical (unpaired) electrons. The van der Waals surface area contributed by atoms with Crippen molar-refractivity contribution >= 4 is 14.2 Å². The molecule has 3 N–H and O–H groups in total. The van der Waals surface area contributed by atoms with Crippen molar-refractivity contribution in [1.82, 2.24) is 4.72 Å². The molecule has 6 heteroatoms. The van der Waals surface area contributed by atoms with Crippen molar-refractivity contribution in [1.29, 1.82) is 0 Å². The van der Waals surface area contributed by atoms with E-state index in [4.69, 9.17) is 5.73 Å². The van der Waals surface area contributed by atoms with Gasteiger partial charge in [-0.2, -0.15) is 0 Å². The summed E-state index contributed by atoms with van der Waals surface area (Å²) in [7, 11) is -3.28. The number of hydrogen-bond acceptors (Lipinski definition) is 3. The van der Waals surface area contributed by atoms with Crippen LogP contribution in [0.4, 0.5) is 0 Å². The predicted molar refractivity (Wildman–Crippen MR) is 87.4 cm³/mol. The van der Waals surface area contributed by atoms with Crippen molar-refractivity contribution in [2.45, 2.75) is 56.6 Å². The van der Waals surface area contributed by atoms with Crippen LogP contribution in [0.2, 0.25) is 0 Å². The standard InChI is InChI=1S/C9H11.C7H15N2O2S.Ru/c1-7-4-8(2)6-9(3)5-7;1-12(10,11)9-7-5-3-2-4-6(7)8;/h4-5H,1-3H3;6,9H,2-5,8H2,1H3;. The van der Waals surface area contributed by atoms with E-state index in [0.29, 0.717) is 0 Å². The van der Waals surface area contributed by atoms with Crippen LogP contribution >= 0.6 is 0 Å². The molecular weight excluding hydrogens is 385 g/mol. The van der Waals surface area contributed by atoms with E-state index in [1.165, 1.54) is 27.1 Å². The van der Waals surface area contributed by atoms with Gasteiger partial charge >= 0.3 is 142 Å². The molecule has 2 atom stereocenters. The van der Waals surface area contributed by atoms with Crippen molar-refractivity contribution in [2.24, 2.45) is 5.73 Å². The Balaban J connectivity index is 2.43. The molecule has 4 nitrogen and oxygen atoms in total. The Bertz CT molecular complexity index is 637. The normalized spacial score (nSPS) is 26.3. The monoisotopic (exact) mass is 412 g/mol. The van der Waals surface area contributed by atoms with Crippen molar-refractivity contribution in [3.8, 4) is 0 Å². The van der Waals surface area contributed by atoms with Crippen LogP contribution in [-0.2, 0) is 27.1 Å². The first-order valence-corrected chi connectivity index (χ1v) is 11.2. The molecular formula is C16H26N2O2RuS. The van der Waals surface area contributed by atoms with Gasteiger partial charge in [0.15, 0.2) is 0 Å². The molecule has 0 spiro atoms. The molecule has 1 fully saturated rings. The molecule has 126 valence electrons. The topological polar surface area (TPSA) is 72.2 Å². The molecule has 0 aromatic heterocycles. The number of rotatable bonds is 4. The minimum atomic E-state index is -3.28. The third kappa shape index (κ3) is 4.16. The van der Waals surface area contributed by atoms with E-state index < -0.39 is 14.2 Å². The molecule has 0 amide bonds. The van der Waals surface area contributed by atoms with Crippen LogP contribution < -0.4 is 14.6 Å². The van der Waals surface area contributed by atoms with E-state index in [0.717, 1.165) is 25.7 Å². The van der Waals surface area contributed by atoms with Crippen LogP contribution in [0.5, 0.6) is 0 Å². The summed E-state index contributed by atoms with van der Waals surface area (Å²) in [5.74, 6) is 0. The molecule has 2 unspecified atom stereocenters. The van der Waals surface area contributed by atoms with Crippen LogP contribution in [-0.4, -0.2) is 24.8 Å². The molecule has 0 saturated heterocycles. The van der Waals surface area contributed by atoms with Crippen molar-refractivity contribution in [3.63, 3.8) is 0 Å². The first-order chi connectivity index (χ1) is 10.1. The molecule has 0 bridgehead atoms. The number of nitrogens with one attached hydrogen (secondary N) is 1.